The van der Waals surface area contributed by atoms with Gasteiger partial charge in [-0.3, -0.25) is 4.90 Å². The van der Waals surface area contributed by atoms with E-state index in [-0.39, 0.29) is 35.5 Å². The van der Waals surface area contributed by atoms with E-state index in [0.29, 0.717) is 34.7 Å². The van der Waals surface area contributed by atoms with Gasteiger partial charge in [0.05, 0.1) is 10.7 Å². The Kier molecular flexibility index (Phi) is 5.32. The van der Waals surface area contributed by atoms with Gasteiger partial charge in [0.2, 0.25) is 0 Å². The number of pyridine rings is 1. The van der Waals surface area contributed by atoms with Crippen LogP contribution >= 0.6 is 11.6 Å². The first kappa shape index (κ1) is 19.9. The van der Waals surface area contributed by atoms with Crippen molar-refractivity contribution in [1.82, 2.24) is 9.88 Å². The largest absolute Gasteiger partial charge is 0.507 e. The number of urea groups is 1. The summed E-state index contributed by atoms with van der Waals surface area (Å²) >= 11 is 6.50. The molecule has 182 valence electrons. The van der Waals surface area contributed by atoms with Gasteiger partial charge in [-0.05, 0) is 60.4 Å². The van der Waals surface area contributed by atoms with E-state index >= 15 is 0 Å². The molecule has 2 saturated heterocycles. The quantitative estimate of drug-likeness (QED) is 0.544. The maximum absolute atomic E-state index is 14.8. The van der Waals surface area contributed by atoms with Crippen molar-refractivity contribution in [2.45, 2.75) is 18.9 Å². The molecule has 5 rings (SSSR count). The molecule has 1 aromatic heterocycles. The Morgan fingerprint density at radius 1 is 1.14 bits per heavy atom. The van der Waals surface area contributed by atoms with E-state index in [0.717, 1.165) is 24.3 Å². The number of benzene rings is 2. The number of anilines is 2. The van der Waals surface area contributed by atoms with Crippen LogP contribution in [-0.4, -0.2) is 60.2 Å². The van der Waals surface area contributed by atoms with Gasteiger partial charge in [0.25, 0.3) is 0 Å². The normalized spacial score (nSPS) is 20.1. The fourth-order valence-electron chi connectivity index (χ4n) is 4.67. The molecule has 0 bridgehead atoms. The Bertz CT molecular complexity index is 1390. The molecule has 3 N–H and O–H groups in total. The zero-order valence-electron chi connectivity index (χ0n) is 21.9. The standard InChI is InChI=1S/C26H27ClFN5O2/c1-31-9-10-33(26(31)35)23-5-4-16(11-22(23)27)20-13-18(28)14-21(25(20)34)17-6-7-30-24(12-17)32-8-2-3-19(29)15-32/h4-7,11-14,19,34H,2-3,8-10,15,29H2,1H3/t19-/m0/s1/i1D3. The Morgan fingerprint density at radius 2 is 1.91 bits per heavy atom. The molecule has 0 spiro atoms. The summed E-state index contributed by atoms with van der Waals surface area (Å²) in [5, 5.41) is 11.4. The molecule has 35 heavy (non-hydrogen) atoms. The Labute approximate surface area is 212 Å². The van der Waals surface area contributed by atoms with Crippen molar-refractivity contribution >= 4 is 29.1 Å². The first-order valence-corrected chi connectivity index (χ1v) is 11.8. The van der Waals surface area contributed by atoms with E-state index in [9.17, 15) is 14.3 Å². The highest BCUT2D eigenvalue weighted by atomic mass is 35.5. The molecule has 0 aliphatic carbocycles. The second-order valence-corrected chi connectivity index (χ2v) is 9.26. The second-order valence-electron chi connectivity index (χ2n) is 8.85. The number of phenols is 1. The summed E-state index contributed by atoms with van der Waals surface area (Å²) < 4.78 is 37.4. The highest BCUT2D eigenvalue weighted by Gasteiger charge is 2.28. The van der Waals surface area contributed by atoms with Crippen molar-refractivity contribution in [1.29, 1.82) is 0 Å². The molecule has 0 unspecified atom stereocenters. The third-order valence-corrected chi connectivity index (χ3v) is 6.77. The average Bonchev–Trinajstić information content (AvgIpc) is 3.27. The van der Waals surface area contributed by atoms with Crippen LogP contribution in [0.2, 0.25) is 5.02 Å². The molecule has 3 aromatic rings. The molecule has 2 fully saturated rings. The smallest absolute Gasteiger partial charge is 0.324 e. The summed E-state index contributed by atoms with van der Waals surface area (Å²) in [6, 6.07) is 10.1. The van der Waals surface area contributed by atoms with Crippen molar-refractivity contribution < 1.29 is 18.4 Å². The minimum atomic E-state index is -2.55. The lowest BCUT2D eigenvalue weighted by Gasteiger charge is -2.31. The predicted molar refractivity (Wildman–Crippen MR) is 137 cm³/mol. The van der Waals surface area contributed by atoms with Crippen LogP contribution < -0.4 is 15.5 Å². The topological polar surface area (TPSA) is 85.9 Å². The van der Waals surface area contributed by atoms with Crippen molar-refractivity contribution in [3.63, 3.8) is 0 Å². The van der Waals surface area contributed by atoms with Crippen LogP contribution in [-0.2, 0) is 0 Å². The van der Waals surface area contributed by atoms with Crippen LogP contribution in [0.3, 0.4) is 0 Å². The molecule has 0 radical (unpaired) electrons. The summed E-state index contributed by atoms with van der Waals surface area (Å²) in [5.74, 6) is 0.0274. The van der Waals surface area contributed by atoms with Crippen LogP contribution in [0.25, 0.3) is 22.3 Å². The summed E-state index contributed by atoms with van der Waals surface area (Å²) in [7, 11) is 0. The second kappa shape index (κ2) is 9.36. The van der Waals surface area contributed by atoms with Crippen LogP contribution in [0.4, 0.5) is 20.7 Å². The number of hydrogen-bond donors (Lipinski definition) is 2. The summed E-state index contributed by atoms with van der Waals surface area (Å²) in [6.45, 7) is -0.851. The zero-order chi connectivity index (χ0) is 27.2. The number of carbonyl (C=O) groups excluding carboxylic acids is 1. The number of nitrogens with two attached hydrogens (primary N) is 1. The molecule has 3 heterocycles. The van der Waals surface area contributed by atoms with Gasteiger partial charge in [0, 0.05) is 60.6 Å². The number of carbonyl (C=O) groups is 1. The van der Waals surface area contributed by atoms with Crippen molar-refractivity contribution in [3.05, 3.63) is 59.5 Å². The minimum absolute atomic E-state index is 0.0404. The van der Waals surface area contributed by atoms with E-state index in [1.165, 1.54) is 23.1 Å². The monoisotopic (exact) mass is 498 g/mol. The van der Waals surface area contributed by atoms with Gasteiger partial charge in [0.1, 0.15) is 17.4 Å². The zero-order valence-corrected chi connectivity index (χ0v) is 19.7. The van der Waals surface area contributed by atoms with Gasteiger partial charge in [-0.25, -0.2) is 14.2 Å². The SMILES string of the molecule is [2H]C([2H])([2H])N1CCN(c2ccc(-c3cc(F)cc(-c4ccnc(N5CCC[C@H](N)C5)c4)c3O)cc2Cl)C1=O. The molecule has 2 aromatic carbocycles. The lowest BCUT2D eigenvalue weighted by Crippen LogP contribution is -2.43. The highest BCUT2D eigenvalue weighted by Crippen LogP contribution is 2.42. The maximum atomic E-state index is 14.8. The van der Waals surface area contributed by atoms with E-state index in [4.69, 9.17) is 21.4 Å². The molecule has 9 heteroatoms. The number of hydrogen-bond acceptors (Lipinski definition) is 5. The number of rotatable bonds is 4. The first-order valence-electron chi connectivity index (χ1n) is 12.9. The average molecular weight is 499 g/mol. The van der Waals surface area contributed by atoms with Gasteiger partial charge in [-0.1, -0.05) is 17.7 Å². The van der Waals surface area contributed by atoms with E-state index < -0.39 is 18.8 Å². The molecule has 2 aliphatic heterocycles. The number of phenolic OH excluding ortho intramolecular Hbond substituents is 1. The molecule has 1 atom stereocenters. The van der Waals surface area contributed by atoms with Gasteiger partial charge >= 0.3 is 6.03 Å². The van der Waals surface area contributed by atoms with Crippen molar-refractivity contribution in [3.8, 4) is 28.0 Å². The predicted octanol–water partition coefficient (Wildman–Crippen LogP) is 4.71. The molecular weight excluding hydrogens is 469 g/mol. The van der Waals surface area contributed by atoms with Crippen LogP contribution in [0.15, 0.2) is 48.7 Å². The number of aromatic nitrogens is 1. The first-order chi connectivity index (χ1) is 18.0. The lowest BCUT2D eigenvalue weighted by atomic mass is 9.97. The molecule has 2 aliphatic rings. The third-order valence-electron chi connectivity index (χ3n) is 6.47. The molecule has 2 amide bonds. The van der Waals surface area contributed by atoms with Gasteiger partial charge in [-0.15, -0.1) is 0 Å². The van der Waals surface area contributed by atoms with Crippen molar-refractivity contribution in [2.75, 3.05) is 43.0 Å². The summed E-state index contributed by atoms with van der Waals surface area (Å²) in [6.07, 6.45) is 3.53. The van der Waals surface area contributed by atoms with E-state index in [1.54, 1.807) is 24.4 Å². The number of piperidine rings is 1. The lowest BCUT2D eigenvalue weighted by molar-refractivity contribution is 0.229. The number of amides is 2. The maximum Gasteiger partial charge on any atom is 0.324 e. The minimum Gasteiger partial charge on any atom is -0.507 e. The molecule has 7 nitrogen and oxygen atoms in total. The number of likely N-dealkylation sites (N-methyl/N-ethyl adjacent to an activating group) is 1. The molecule has 0 saturated carbocycles. The fourth-order valence-corrected chi connectivity index (χ4v) is 4.95. The van der Waals surface area contributed by atoms with Crippen molar-refractivity contribution in [2.24, 2.45) is 5.73 Å². The fraction of sp³-hybridized carbons (Fsp3) is 0.308. The van der Waals surface area contributed by atoms with E-state index in [1.807, 2.05) is 6.07 Å². The van der Waals surface area contributed by atoms with Crippen LogP contribution in [0.1, 0.15) is 17.0 Å². The summed E-state index contributed by atoms with van der Waals surface area (Å²) in [4.78, 5) is 21.3. The van der Waals surface area contributed by atoms with Gasteiger partial charge in [0.15, 0.2) is 0 Å². The number of halogens is 2. The number of aromatic hydroxyl groups is 1. The van der Waals surface area contributed by atoms with E-state index in [2.05, 4.69) is 9.88 Å². The Morgan fingerprint density at radius 3 is 2.60 bits per heavy atom. The number of nitrogens with zero attached hydrogens (tertiary/aromatic N) is 4. The van der Waals surface area contributed by atoms with Gasteiger partial charge in [-0.2, -0.15) is 0 Å². The van der Waals surface area contributed by atoms with Gasteiger partial charge < -0.3 is 20.6 Å². The Hall–Kier alpha value is -3.36. The van der Waals surface area contributed by atoms with Crippen LogP contribution in [0.5, 0.6) is 5.75 Å². The molecular formula is C26H27ClFN5O2. The third kappa shape index (κ3) is 4.51. The Balaban J connectivity index is 1.47. The van der Waals surface area contributed by atoms with Crippen LogP contribution in [0, 0.1) is 5.82 Å². The summed E-state index contributed by atoms with van der Waals surface area (Å²) in [5.41, 5.74) is 8.01. The highest BCUT2D eigenvalue weighted by molar-refractivity contribution is 6.34.